The largest absolute Gasteiger partial charge is 0.496 e. The molecule has 0 aromatic heterocycles. The molecular formula is C17H22N2O5. The molecule has 1 atom stereocenters. The Labute approximate surface area is 140 Å². The van der Waals surface area contributed by atoms with Crippen LogP contribution >= 0.6 is 0 Å². The van der Waals surface area contributed by atoms with Crippen molar-refractivity contribution in [2.24, 2.45) is 0 Å². The number of likely N-dealkylation sites (tertiary alicyclic amines) is 1. The molecule has 0 radical (unpaired) electrons. The molecule has 0 saturated carbocycles. The van der Waals surface area contributed by atoms with Crippen molar-refractivity contribution in [1.29, 1.82) is 0 Å². The zero-order chi connectivity index (χ0) is 17.7. The molecule has 2 rings (SSSR count). The van der Waals surface area contributed by atoms with Gasteiger partial charge in [-0.1, -0.05) is 6.07 Å². The van der Waals surface area contributed by atoms with Gasteiger partial charge in [0.1, 0.15) is 18.3 Å². The van der Waals surface area contributed by atoms with Crippen molar-refractivity contribution in [3.8, 4) is 5.75 Å². The Kier molecular flexibility index (Phi) is 5.78. The summed E-state index contributed by atoms with van der Waals surface area (Å²) in [7, 11) is 1.53. The van der Waals surface area contributed by atoms with Gasteiger partial charge in [0.25, 0.3) is 5.91 Å². The van der Waals surface area contributed by atoms with Crippen molar-refractivity contribution in [2.45, 2.75) is 32.2 Å². The highest BCUT2D eigenvalue weighted by atomic mass is 16.5. The van der Waals surface area contributed by atoms with Gasteiger partial charge in [0.15, 0.2) is 0 Å². The number of carbonyl (C=O) groups is 3. The predicted molar refractivity (Wildman–Crippen MR) is 87.1 cm³/mol. The number of nitrogens with zero attached hydrogens (tertiary/aromatic N) is 1. The number of methoxy groups -OCH3 is 1. The van der Waals surface area contributed by atoms with Crippen LogP contribution in [0.25, 0.3) is 0 Å². The van der Waals surface area contributed by atoms with E-state index in [1.165, 1.54) is 12.0 Å². The fourth-order valence-corrected chi connectivity index (χ4v) is 2.88. The van der Waals surface area contributed by atoms with E-state index in [1.807, 2.05) is 0 Å². The van der Waals surface area contributed by atoms with Gasteiger partial charge in [0.05, 0.1) is 7.11 Å². The number of carboxylic acids is 1. The molecule has 1 aromatic carbocycles. The zero-order valence-electron chi connectivity index (χ0n) is 13.9. The number of amides is 2. The van der Waals surface area contributed by atoms with Crippen molar-refractivity contribution >= 4 is 17.8 Å². The lowest BCUT2D eigenvalue weighted by Gasteiger charge is -2.23. The Morgan fingerprint density at radius 2 is 2.12 bits per heavy atom. The number of hydrogen-bond acceptors (Lipinski definition) is 4. The summed E-state index contributed by atoms with van der Waals surface area (Å²) in [6.07, 6.45) is 1.98. The van der Waals surface area contributed by atoms with Crippen molar-refractivity contribution < 1.29 is 24.2 Å². The summed E-state index contributed by atoms with van der Waals surface area (Å²) in [5, 5.41) is 11.7. The topological polar surface area (TPSA) is 95.9 Å². The van der Waals surface area contributed by atoms with Gasteiger partial charge in [0, 0.05) is 17.7 Å². The summed E-state index contributed by atoms with van der Waals surface area (Å²) in [6.45, 7) is 1.83. The highest BCUT2D eigenvalue weighted by molar-refractivity contribution is 5.99. The van der Waals surface area contributed by atoms with E-state index in [-0.39, 0.29) is 18.4 Å². The van der Waals surface area contributed by atoms with E-state index in [2.05, 4.69) is 5.32 Å². The number of carboxylic acid groups (broad SMARTS) is 1. The second-order valence-corrected chi connectivity index (χ2v) is 5.81. The van der Waals surface area contributed by atoms with Crippen LogP contribution in [0.4, 0.5) is 0 Å². The summed E-state index contributed by atoms with van der Waals surface area (Å²) in [5.41, 5.74) is 1.14. The monoisotopic (exact) mass is 334 g/mol. The average molecular weight is 334 g/mol. The van der Waals surface area contributed by atoms with Crippen LogP contribution in [0.3, 0.4) is 0 Å². The van der Waals surface area contributed by atoms with Gasteiger partial charge in [-0.05, 0) is 38.3 Å². The van der Waals surface area contributed by atoms with Crippen molar-refractivity contribution in [3.05, 3.63) is 29.3 Å². The number of carbonyl (C=O) groups excluding carboxylic acids is 2. The maximum absolute atomic E-state index is 12.5. The van der Waals surface area contributed by atoms with Crippen LogP contribution in [0.1, 0.15) is 35.2 Å². The van der Waals surface area contributed by atoms with Crippen LogP contribution < -0.4 is 10.1 Å². The Bertz CT molecular complexity index is 644. The quantitative estimate of drug-likeness (QED) is 0.843. The molecule has 2 N–H and O–H groups in total. The van der Waals surface area contributed by atoms with Crippen LogP contribution in [0.5, 0.6) is 5.75 Å². The molecule has 1 fully saturated rings. The molecular weight excluding hydrogens is 312 g/mol. The van der Waals surface area contributed by atoms with Crippen molar-refractivity contribution in [3.63, 3.8) is 0 Å². The van der Waals surface area contributed by atoms with E-state index in [0.29, 0.717) is 29.8 Å². The first-order chi connectivity index (χ1) is 11.4. The summed E-state index contributed by atoms with van der Waals surface area (Å²) in [5.74, 6) is -1.16. The highest BCUT2D eigenvalue weighted by Crippen LogP contribution is 2.21. The van der Waals surface area contributed by atoms with Gasteiger partial charge in [-0.3, -0.25) is 14.4 Å². The van der Waals surface area contributed by atoms with E-state index in [4.69, 9.17) is 9.84 Å². The number of hydrogen-bond donors (Lipinski definition) is 2. The van der Waals surface area contributed by atoms with E-state index in [9.17, 15) is 14.4 Å². The first-order valence-corrected chi connectivity index (χ1v) is 7.89. The number of ether oxygens (including phenoxy) is 1. The number of rotatable bonds is 5. The Morgan fingerprint density at radius 1 is 1.38 bits per heavy atom. The van der Waals surface area contributed by atoms with Crippen LogP contribution in [-0.4, -0.2) is 54.0 Å². The number of benzene rings is 1. The lowest BCUT2D eigenvalue weighted by Crippen LogP contribution is -2.48. The molecule has 1 aromatic rings. The lowest BCUT2D eigenvalue weighted by molar-refractivity contribution is -0.144. The van der Waals surface area contributed by atoms with E-state index < -0.39 is 12.0 Å². The third kappa shape index (κ3) is 4.04. The molecule has 1 aliphatic heterocycles. The minimum Gasteiger partial charge on any atom is -0.496 e. The molecule has 2 amide bonds. The standard InChI is InChI=1S/C17H22N2O5/c1-11-12(6-5-8-14(11)24-2)16(22)18-13-7-3-4-9-19(17(13)23)10-15(20)21/h5-6,8,13H,3-4,7,9-10H2,1-2H3,(H,18,22)(H,20,21). The maximum Gasteiger partial charge on any atom is 0.323 e. The Balaban J connectivity index is 2.15. The highest BCUT2D eigenvalue weighted by Gasteiger charge is 2.30. The molecule has 1 unspecified atom stereocenters. The minimum absolute atomic E-state index is 0.344. The second-order valence-electron chi connectivity index (χ2n) is 5.81. The van der Waals surface area contributed by atoms with Gasteiger partial charge in [-0.2, -0.15) is 0 Å². The fraction of sp³-hybridized carbons (Fsp3) is 0.471. The third-order valence-electron chi connectivity index (χ3n) is 4.16. The number of aliphatic carboxylic acids is 1. The summed E-state index contributed by atoms with van der Waals surface area (Å²) in [6, 6.07) is 4.44. The second kappa shape index (κ2) is 7.81. The lowest BCUT2D eigenvalue weighted by atomic mass is 10.1. The SMILES string of the molecule is COc1cccc(C(=O)NC2CCCCN(CC(=O)O)C2=O)c1C. The van der Waals surface area contributed by atoms with Crippen molar-refractivity contribution in [1.82, 2.24) is 10.2 Å². The van der Waals surface area contributed by atoms with E-state index in [0.717, 1.165) is 12.8 Å². The van der Waals surface area contributed by atoms with Crippen LogP contribution in [-0.2, 0) is 9.59 Å². The van der Waals surface area contributed by atoms with Crippen LogP contribution in [0.2, 0.25) is 0 Å². The smallest absolute Gasteiger partial charge is 0.323 e. The molecule has 0 spiro atoms. The van der Waals surface area contributed by atoms with Gasteiger partial charge >= 0.3 is 5.97 Å². The van der Waals surface area contributed by atoms with Gasteiger partial charge in [-0.25, -0.2) is 0 Å². The molecule has 0 aliphatic carbocycles. The Hall–Kier alpha value is -2.57. The molecule has 1 aliphatic rings. The average Bonchev–Trinajstić information content (AvgIpc) is 2.70. The molecule has 1 heterocycles. The fourth-order valence-electron chi connectivity index (χ4n) is 2.88. The summed E-state index contributed by atoms with van der Waals surface area (Å²) >= 11 is 0. The van der Waals surface area contributed by atoms with E-state index >= 15 is 0 Å². The molecule has 130 valence electrons. The van der Waals surface area contributed by atoms with Crippen molar-refractivity contribution in [2.75, 3.05) is 20.2 Å². The summed E-state index contributed by atoms with van der Waals surface area (Å²) in [4.78, 5) is 37.2. The Morgan fingerprint density at radius 3 is 2.79 bits per heavy atom. The first-order valence-electron chi connectivity index (χ1n) is 7.89. The van der Waals surface area contributed by atoms with E-state index in [1.54, 1.807) is 25.1 Å². The van der Waals surface area contributed by atoms with Gasteiger partial charge in [-0.15, -0.1) is 0 Å². The zero-order valence-corrected chi connectivity index (χ0v) is 13.9. The molecule has 7 nitrogen and oxygen atoms in total. The maximum atomic E-state index is 12.5. The summed E-state index contributed by atoms with van der Waals surface area (Å²) < 4.78 is 5.21. The molecule has 7 heteroatoms. The normalized spacial score (nSPS) is 18.0. The first kappa shape index (κ1) is 17.8. The minimum atomic E-state index is -1.06. The number of nitrogens with one attached hydrogen (secondary N) is 1. The molecule has 0 bridgehead atoms. The van der Waals surface area contributed by atoms with Crippen LogP contribution in [0.15, 0.2) is 18.2 Å². The molecule has 24 heavy (non-hydrogen) atoms. The van der Waals surface area contributed by atoms with Gasteiger partial charge < -0.3 is 20.1 Å². The predicted octanol–water partition coefficient (Wildman–Crippen LogP) is 1.20. The third-order valence-corrected chi connectivity index (χ3v) is 4.16. The molecule has 1 saturated heterocycles. The van der Waals surface area contributed by atoms with Gasteiger partial charge in [0.2, 0.25) is 5.91 Å². The van der Waals surface area contributed by atoms with Crippen LogP contribution in [0, 0.1) is 6.92 Å².